The first-order valence-corrected chi connectivity index (χ1v) is 6.23. The number of rotatable bonds is 3. The summed E-state index contributed by atoms with van der Waals surface area (Å²) in [7, 11) is 0. The van der Waals surface area contributed by atoms with E-state index in [2.05, 4.69) is 10.0 Å². The zero-order valence-corrected chi connectivity index (χ0v) is 11.7. The van der Waals surface area contributed by atoms with Crippen LogP contribution in [0, 0.1) is 13.8 Å². The van der Waals surface area contributed by atoms with Crippen LogP contribution in [0.3, 0.4) is 0 Å². The van der Waals surface area contributed by atoms with Gasteiger partial charge in [0.25, 0.3) is 0 Å². The Hall–Kier alpha value is -2.98. The van der Waals surface area contributed by atoms with Gasteiger partial charge in [-0.05, 0) is 37.1 Å². The summed E-state index contributed by atoms with van der Waals surface area (Å²) in [6.45, 7) is 3.86. The summed E-state index contributed by atoms with van der Waals surface area (Å²) < 4.78 is 0. The second-order valence-corrected chi connectivity index (χ2v) is 4.83. The van der Waals surface area contributed by atoms with Crippen molar-refractivity contribution in [2.75, 3.05) is 5.73 Å². The smallest absolute Gasteiger partial charge is 0.336 e. The number of aryl methyl sites for hydroxylation is 2. The molecule has 0 aliphatic rings. The van der Waals surface area contributed by atoms with Gasteiger partial charge in [0.2, 0.25) is 0 Å². The second-order valence-electron chi connectivity index (χ2n) is 4.83. The van der Waals surface area contributed by atoms with Gasteiger partial charge in [-0.15, -0.1) is 0 Å². The molecule has 0 amide bonds. The summed E-state index contributed by atoms with van der Waals surface area (Å²) >= 11 is 0. The van der Waals surface area contributed by atoms with Crippen LogP contribution in [0.15, 0.2) is 35.4 Å². The van der Waals surface area contributed by atoms with Crippen molar-refractivity contribution in [1.82, 2.24) is 0 Å². The van der Waals surface area contributed by atoms with E-state index in [0.717, 1.165) is 16.7 Å². The van der Waals surface area contributed by atoms with Crippen molar-refractivity contribution in [2.45, 2.75) is 13.8 Å². The molecule has 0 fully saturated rings. The largest absolute Gasteiger partial charge is 0.478 e. The number of azide groups is 1. The summed E-state index contributed by atoms with van der Waals surface area (Å²) in [6, 6.07) is 8.54. The number of nitrogens with two attached hydrogens (primary N) is 1. The number of aromatic carboxylic acids is 1. The average Bonchev–Trinajstić information content (AvgIpc) is 2.36. The molecule has 0 spiro atoms. The Morgan fingerprint density at radius 1 is 1.19 bits per heavy atom. The fourth-order valence-electron chi connectivity index (χ4n) is 2.37. The van der Waals surface area contributed by atoms with Crippen LogP contribution < -0.4 is 5.73 Å². The van der Waals surface area contributed by atoms with Crippen LogP contribution in [0.2, 0.25) is 0 Å². The SMILES string of the molecule is Cc1cc(C)cc(-c2c(N)cc(N=[N+]=[N-])cc2C(=O)O)c1. The maximum atomic E-state index is 11.5. The Kier molecular flexibility index (Phi) is 3.82. The predicted molar refractivity (Wildman–Crippen MR) is 81.5 cm³/mol. The lowest BCUT2D eigenvalue weighted by atomic mass is 9.94. The number of hydrogen-bond acceptors (Lipinski definition) is 3. The van der Waals surface area contributed by atoms with Gasteiger partial charge in [-0.25, -0.2) is 4.79 Å². The lowest BCUT2D eigenvalue weighted by molar-refractivity contribution is 0.0698. The summed E-state index contributed by atoms with van der Waals surface area (Å²) in [5.41, 5.74) is 18.1. The third kappa shape index (κ3) is 2.96. The minimum atomic E-state index is -1.12. The van der Waals surface area contributed by atoms with Crippen molar-refractivity contribution >= 4 is 17.3 Å². The van der Waals surface area contributed by atoms with E-state index in [-0.39, 0.29) is 16.9 Å². The normalized spacial score (nSPS) is 10.0. The number of benzene rings is 2. The molecule has 0 atom stereocenters. The first kappa shape index (κ1) is 14.4. The Morgan fingerprint density at radius 2 is 1.81 bits per heavy atom. The van der Waals surface area contributed by atoms with E-state index in [1.54, 1.807) is 0 Å². The van der Waals surface area contributed by atoms with E-state index >= 15 is 0 Å². The highest BCUT2D eigenvalue weighted by molar-refractivity contribution is 6.01. The highest BCUT2D eigenvalue weighted by Gasteiger charge is 2.16. The van der Waals surface area contributed by atoms with E-state index < -0.39 is 5.97 Å². The van der Waals surface area contributed by atoms with E-state index in [1.807, 2.05) is 32.0 Å². The lowest BCUT2D eigenvalue weighted by Crippen LogP contribution is -2.03. The summed E-state index contributed by atoms with van der Waals surface area (Å²) in [4.78, 5) is 14.1. The van der Waals surface area contributed by atoms with Crippen LogP contribution in [0.4, 0.5) is 11.4 Å². The standard InChI is InChI=1S/C15H14N4O2/c1-8-3-9(2)5-10(4-8)14-12(15(20)21)6-11(18-19-17)7-13(14)16/h3-7H,16H2,1-2H3,(H,20,21). The molecular formula is C15H14N4O2. The highest BCUT2D eigenvalue weighted by atomic mass is 16.4. The van der Waals surface area contributed by atoms with Crippen molar-refractivity contribution in [2.24, 2.45) is 5.11 Å². The molecule has 2 aromatic carbocycles. The fourth-order valence-corrected chi connectivity index (χ4v) is 2.37. The molecule has 2 aromatic rings. The van der Waals surface area contributed by atoms with Crippen LogP contribution in [0.5, 0.6) is 0 Å². The molecule has 106 valence electrons. The number of anilines is 1. The number of carbonyl (C=O) groups is 1. The molecule has 0 heterocycles. The molecule has 0 bridgehead atoms. The van der Waals surface area contributed by atoms with Crippen LogP contribution in [-0.4, -0.2) is 11.1 Å². The zero-order valence-electron chi connectivity index (χ0n) is 11.7. The van der Waals surface area contributed by atoms with E-state index in [1.165, 1.54) is 12.1 Å². The number of hydrogen-bond donors (Lipinski definition) is 2. The van der Waals surface area contributed by atoms with Gasteiger partial charge in [0, 0.05) is 21.8 Å². The van der Waals surface area contributed by atoms with Gasteiger partial charge < -0.3 is 10.8 Å². The minimum absolute atomic E-state index is 0.0161. The van der Waals surface area contributed by atoms with Crippen LogP contribution in [-0.2, 0) is 0 Å². The van der Waals surface area contributed by atoms with Gasteiger partial charge in [-0.3, -0.25) is 0 Å². The molecular weight excluding hydrogens is 268 g/mol. The third-order valence-electron chi connectivity index (χ3n) is 3.05. The maximum Gasteiger partial charge on any atom is 0.336 e. The molecule has 0 saturated heterocycles. The molecule has 0 saturated carbocycles. The third-order valence-corrected chi connectivity index (χ3v) is 3.05. The van der Waals surface area contributed by atoms with Crippen molar-refractivity contribution in [3.8, 4) is 11.1 Å². The molecule has 2 rings (SSSR count). The maximum absolute atomic E-state index is 11.5. The number of carboxylic acids is 1. The molecule has 0 radical (unpaired) electrons. The number of nitrogen functional groups attached to an aromatic ring is 1. The van der Waals surface area contributed by atoms with E-state index in [0.29, 0.717) is 5.56 Å². The molecule has 0 aromatic heterocycles. The van der Waals surface area contributed by atoms with Gasteiger partial charge >= 0.3 is 5.97 Å². The van der Waals surface area contributed by atoms with Gasteiger partial charge in [0.05, 0.1) is 5.56 Å². The molecule has 0 aliphatic heterocycles. The Morgan fingerprint density at radius 3 is 2.33 bits per heavy atom. The summed E-state index contributed by atoms with van der Waals surface area (Å²) in [5, 5.41) is 12.8. The van der Waals surface area contributed by atoms with Crippen LogP contribution in [0.25, 0.3) is 21.6 Å². The average molecular weight is 282 g/mol. The topological polar surface area (TPSA) is 112 Å². The molecule has 6 nitrogen and oxygen atoms in total. The van der Waals surface area contributed by atoms with Gasteiger partial charge in [-0.2, -0.15) is 0 Å². The molecule has 21 heavy (non-hydrogen) atoms. The van der Waals surface area contributed by atoms with E-state index in [4.69, 9.17) is 11.3 Å². The predicted octanol–water partition coefficient (Wildman–Crippen LogP) is 4.19. The molecule has 6 heteroatoms. The number of carboxylic acid groups (broad SMARTS) is 1. The Balaban J connectivity index is 2.78. The first-order chi connectivity index (χ1) is 9.92. The zero-order chi connectivity index (χ0) is 15.6. The van der Waals surface area contributed by atoms with Crippen LogP contribution in [0.1, 0.15) is 21.5 Å². The Labute approximate surface area is 121 Å². The lowest BCUT2D eigenvalue weighted by Gasteiger charge is -2.12. The number of nitrogens with zero attached hydrogens (tertiary/aromatic N) is 3. The van der Waals surface area contributed by atoms with Crippen molar-refractivity contribution in [3.63, 3.8) is 0 Å². The fraction of sp³-hybridized carbons (Fsp3) is 0.133. The first-order valence-electron chi connectivity index (χ1n) is 6.23. The van der Waals surface area contributed by atoms with Gasteiger partial charge in [-0.1, -0.05) is 34.4 Å². The second kappa shape index (κ2) is 5.56. The molecule has 0 aliphatic carbocycles. The molecule has 0 unspecified atom stereocenters. The summed E-state index contributed by atoms with van der Waals surface area (Å²) in [6.07, 6.45) is 0. The summed E-state index contributed by atoms with van der Waals surface area (Å²) in [5.74, 6) is -1.12. The monoisotopic (exact) mass is 282 g/mol. The highest BCUT2D eigenvalue weighted by Crippen LogP contribution is 2.35. The van der Waals surface area contributed by atoms with Crippen LogP contribution >= 0.6 is 0 Å². The Bertz CT molecular complexity index is 757. The van der Waals surface area contributed by atoms with Crippen molar-refractivity contribution in [3.05, 3.63) is 57.5 Å². The van der Waals surface area contributed by atoms with Gasteiger partial charge in [0.15, 0.2) is 0 Å². The molecule has 3 N–H and O–H groups in total. The van der Waals surface area contributed by atoms with Gasteiger partial charge in [0.1, 0.15) is 0 Å². The van der Waals surface area contributed by atoms with E-state index in [9.17, 15) is 9.90 Å². The van der Waals surface area contributed by atoms with Crippen molar-refractivity contribution < 1.29 is 9.90 Å². The minimum Gasteiger partial charge on any atom is -0.478 e. The quantitative estimate of drug-likeness (QED) is 0.381. The van der Waals surface area contributed by atoms with Crippen molar-refractivity contribution in [1.29, 1.82) is 0 Å².